The third kappa shape index (κ3) is 4.80. The minimum Gasteiger partial charge on any atom is -0.455 e. The van der Waals surface area contributed by atoms with Crippen LogP contribution in [0.5, 0.6) is 0 Å². The van der Waals surface area contributed by atoms with Crippen molar-refractivity contribution in [3.05, 3.63) is 176 Å². The Bertz CT molecular complexity index is 3230. The highest BCUT2D eigenvalue weighted by Gasteiger charge is 2.18. The van der Waals surface area contributed by atoms with Crippen molar-refractivity contribution >= 4 is 65.0 Å². The van der Waals surface area contributed by atoms with Crippen LogP contribution in [0.15, 0.2) is 180 Å². The maximum atomic E-state index is 6.46. The lowest BCUT2D eigenvalue weighted by molar-refractivity contribution is 0.669. The van der Waals surface area contributed by atoms with Crippen molar-refractivity contribution in [3.8, 4) is 45.3 Å². The number of rotatable bonds is 4. The molecule has 53 heavy (non-hydrogen) atoms. The van der Waals surface area contributed by atoms with Gasteiger partial charge < -0.3 is 4.42 Å². The van der Waals surface area contributed by atoms with Crippen LogP contribution in [0.4, 0.5) is 0 Å². The second-order valence-electron chi connectivity index (χ2n) is 13.6. The van der Waals surface area contributed by atoms with Crippen LogP contribution in [0.2, 0.25) is 0 Å². The Kier molecular flexibility index (Phi) is 6.52. The summed E-state index contributed by atoms with van der Waals surface area (Å²) < 4.78 is 6.46. The zero-order valence-electron chi connectivity index (χ0n) is 28.5. The molecule has 9 aromatic carbocycles. The van der Waals surface area contributed by atoms with Crippen LogP contribution in [0.1, 0.15) is 0 Å². The lowest BCUT2D eigenvalue weighted by Crippen LogP contribution is -2.00. The predicted octanol–water partition coefficient (Wildman–Crippen LogP) is 13.1. The second kappa shape index (κ2) is 11.7. The Balaban J connectivity index is 1.09. The molecule has 0 spiro atoms. The number of fused-ring (bicyclic) bond motifs is 9. The fourth-order valence-electron chi connectivity index (χ4n) is 7.92. The van der Waals surface area contributed by atoms with Crippen LogP contribution in [-0.2, 0) is 0 Å². The van der Waals surface area contributed by atoms with Gasteiger partial charge >= 0.3 is 0 Å². The van der Waals surface area contributed by atoms with Gasteiger partial charge in [0.05, 0.1) is 5.56 Å². The minimum atomic E-state index is 0.567. The molecule has 0 saturated carbocycles. The molecular formula is C49H29N3O. The zero-order valence-corrected chi connectivity index (χ0v) is 28.5. The van der Waals surface area contributed by atoms with Gasteiger partial charge in [0, 0.05) is 21.9 Å². The average molecular weight is 676 g/mol. The molecule has 0 aliphatic rings. The van der Waals surface area contributed by atoms with Gasteiger partial charge in [-0.25, -0.2) is 15.0 Å². The predicted molar refractivity (Wildman–Crippen MR) is 219 cm³/mol. The summed E-state index contributed by atoms with van der Waals surface area (Å²) in [5.41, 5.74) is 6.60. The number of nitrogens with zero attached hydrogens (tertiary/aromatic N) is 3. The van der Waals surface area contributed by atoms with Gasteiger partial charge in [0.1, 0.15) is 11.2 Å². The van der Waals surface area contributed by atoms with Crippen LogP contribution < -0.4 is 0 Å². The first kappa shape index (κ1) is 29.5. The highest BCUT2D eigenvalue weighted by Crippen LogP contribution is 2.38. The van der Waals surface area contributed by atoms with E-state index in [2.05, 4.69) is 146 Å². The summed E-state index contributed by atoms with van der Waals surface area (Å²) in [6.45, 7) is 0. The van der Waals surface area contributed by atoms with Gasteiger partial charge in [-0.1, -0.05) is 158 Å². The maximum absolute atomic E-state index is 6.46. The van der Waals surface area contributed by atoms with Crippen molar-refractivity contribution in [2.24, 2.45) is 0 Å². The zero-order chi connectivity index (χ0) is 34.9. The maximum Gasteiger partial charge on any atom is 0.167 e. The Morgan fingerprint density at radius 1 is 0.302 bits per heavy atom. The van der Waals surface area contributed by atoms with Crippen molar-refractivity contribution in [2.75, 3.05) is 0 Å². The third-order valence-electron chi connectivity index (χ3n) is 10.5. The quantitative estimate of drug-likeness (QED) is 0.174. The van der Waals surface area contributed by atoms with E-state index in [-0.39, 0.29) is 0 Å². The largest absolute Gasteiger partial charge is 0.455 e. The van der Waals surface area contributed by atoms with Gasteiger partial charge in [0.15, 0.2) is 17.5 Å². The van der Waals surface area contributed by atoms with Crippen LogP contribution in [-0.4, -0.2) is 15.0 Å². The molecule has 4 nitrogen and oxygen atoms in total. The molecule has 0 N–H and O–H groups in total. The highest BCUT2D eigenvalue weighted by atomic mass is 16.3. The molecule has 0 bridgehead atoms. The van der Waals surface area contributed by atoms with Gasteiger partial charge in [0.25, 0.3) is 0 Å². The fraction of sp³-hybridized carbons (Fsp3) is 0. The summed E-state index contributed by atoms with van der Waals surface area (Å²) in [5.74, 6) is 1.78. The van der Waals surface area contributed by atoms with Gasteiger partial charge in [-0.15, -0.1) is 0 Å². The van der Waals surface area contributed by atoms with E-state index in [1.54, 1.807) is 0 Å². The van der Waals surface area contributed by atoms with Crippen molar-refractivity contribution in [1.29, 1.82) is 0 Å². The van der Waals surface area contributed by atoms with E-state index in [1.807, 2.05) is 30.3 Å². The second-order valence-corrected chi connectivity index (χ2v) is 13.6. The van der Waals surface area contributed by atoms with E-state index >= 15 is 0 Å². The molecule has 2 aromatic heterocycles. The minimum absolute atomic E-state index is 0.567. The molecule has 0 amide bonds. The average Bonchev–Trinajstić information content (AvgIpc) is 3.62. The Morgan fingerprint density at radius 3 is 1.66 bits per heavy atom. The monoisotopic (exact) mass is 675 g/mol. The summed E-state index contributed by atoms with van der Waals surface area (Å²) in [7, 11) is 0. The smallest absolute Gasteiger partial charge is 0.167 e. The van der Waals surface area contributed by atoms with Gasteiger partial charge in [-0.05, 0) is 72.4 Å². The van der Waals surface area contributed by atoms with Crippen LogP contribution in [0.25, 0.3) is 110 Å². The Labute approximate surface area is 304 Å². The fourth-order valence-corrected chi connectivity index (χ4v) is 7.92. The van der Waals surface area contributed by atoms with Crippen LogP contribution in [0, 0.1) is 0 Å². The van der Waals surface area contributed by atoms with E-state index in [1.165, 1.54) is 43.3 Å². The third-order valence-corrected chi connectivity index (χ3v) is 10.5. The Hall–Kier alpha value is -7.17. The first-order chi connectivity index (χ1) is 26.2. The number of hydrogen-bond donors (Lipinski definition) is 0. The summed E-state index contributed by atoms with van der Waals surface area (Å²) in [6.07, 6.45) is 0. The van der Waals surface area contributed by atoms with E-state index in [0.717, 1.165) is 49.6 Å². The molecule has 0 unspecified atom stereocenters. The molecule has 246 valence electrons. The first-order valence-corrected chi connectivity index (χ1v) is 17.9. The van der Waals surface area contributed by atoms with Crippen molar-refractivity contribution in [3.63, 3.8) is 0 Å². The lowest BCUT2D eigenvalue weighted by Gasteiger charge is -2.11. The molecule has 11 aromatic rings. The van der Waals surface area contributed by atoms with Crippen molar-refractivity contribution in [2.45, 2.75) is 0 Å². The molecule has 0 aliphatic heterocycles. The molecule has 11 rings (SSSR count). The van der Waals surface area contributed by atoms with Crippen LogP contribution in [0.3, 0.4) is 0 Å². The van der Waals surface area contributed by atoms with Gasteiger partial charge in [-0.3, -0.25) is 0 Å². The van der Waals surface area contributed by atoms with E-state index in [9.17, 15) is 0 Å². The standard InChI is InChI=1S/C49H29N3O/c1-3-12-36-30(9-1)11-7-15-37(36)32-19-21-33(22-20-32)47-50-48(52-49(51-47)44-17-8-16-43-42-14-5-6-18-45(42)53-46(43)44)35-25-26-39-34(29-35)24-28-40-38-13-4-2-10-31(38)23-27-41(39)40/h1-29H. The van der Waals surface area contributed by atoms with Gasteiger partial charge in [-0.2, -0.15) is 0 Å². The number of para-hydroxylation sites is 2. The number of aromatic nitrogens is 3. The molecule has 2 heterocycles. The Morgan fingerprint density at radius 2 is 0.830 bits per heavy atom. The molecule has 0 saturated heterocycles. The van der Waals surface area contributed by atoms with E-state index in [4.69, 9.17) is 19.4 Å². The van der Waals surface area contributed by atoms with Crippen molar-refractivity contribution in [1.82, 2.24) is 15.0 Å². The molecule has 0 atom stereocenters. The summed E-state index contributed by atoms with van der Waals surface area (Å²) in [5, 5.41) is 11.9. The SMILES string of the molecule is c1ccc2c(-c3ccc(-c4nc(-c5ccc6c(ccc7c8ccccc8ccc67)c5)nc(-c5cccc6c5oc5ccccc56)n4)cc3)cccc2c1. The molecule has 0 radical (unpaired) electrons. The molecule has 4 heteroatoms. The molecule has 0 fully saturated rings. The van der Waals surface area contributed by atoms with Crippen molar-refractivity contribution < 1.29 is 4.42 Å². The van der Waals surface area contributed by atoms with Crippen LogP contribution >= 0.6 is 0 Å². The number of benzene rings is 9. The van der Waals surface area contributed by atoms with Gasteiger partial charge in [0.2, 0.25) is 0 Å². The summed E-state index contributed by atoms with van der Waals surface area (Å²) in [4.78, 5) is 15.4. The number of furan rings is 1. The topological polar surface area (TPSA) is 51.8 Å². The summed E-state index contributed by atoms with van der Waals surface area (Å²) >= 11 is 0. The molecule has 0 aliphatic carbocycles. The number of hydrogen-bond acceptors (Lipinski definition) is 4. The normalized spacial score (nSPS) is 11.8. The lowest BCUT2D eigenvalue weighted by atomic mass is 9.96. The highest BCUT2D eigenvalue weighted by molar-refractivity contribution is 6.17. The first-order valence-electron chi connectivity index (χ1n) is 17.9. The van der Waals surface area contributed by atoms with E-state index < -0.39 is 0 Å². The summed E-state index contributed by atoms with van der Waals surface area (Å²) in [6, 6.07) is 61.7. The molecular weight excluding hydrogens is 647 g/mol. The van der Waals surface area contributed by atoms with E-state index in [0.29, 0.717) is 17.5 Å².